The van der Waals surface area contributed by atoms with E-state index in [2.05, 4.69) is 23.3 Å². The number of ether oxygens (including phenoxy) is 1. The molecular formula is C12H15NO. The highest BCUT2D eigenvalue weighted by atomic mass is 16.5. The molecule has 14 heavy (non-hydrogen) atoms. The largest absolute Gasteiger partial charge is 0.497 e. The van der Waals surface area contributed by atoms with Gasteiger partial charge in [-0.2, -0.15) is 0 Å². The van der Waals surface area contributed by atoms with Gasteiger partial charge in [0.25, 0.3) is 0 Å². The fourth-order valence-electron chi connectivity index (χ4n) is 1.80. The monoisotopic (exact) mass is 189 g/mol. The zero-order valence-electron chi connectivity index (χ0n) is 8.66. The molecule has 1 aromatic rings. The van der Waals surface area contributed by atoms with Crippen molar-refractivity contribution in [2.75, 3.05) is 14.2 Å². The molecule has 0 amide bonds. The zero-order chi connectivity index (χ0) is 10.0. The van der Waals surface area contributed by atoms with Crippen molar-refractivity contribution < 1.29 is 4.74 Å². The summed E-state index contributed by atoms with van der Waals surface area (Å²) in [4.78, 5) is 4.13. The van der Waals surface area contributed by atoms with Gasteiger partial charge in [-0.1, -0.05) is 12.1 Å². The molecule has 0 radical (unpaired) electrons. The van der Waals surface area contributed by atoms with E-state index in [1.54, 1.807) is 7.11 Å². The average Bonchev–Trinajstić information content (AvgIpc) is 3.00. The van der Waals surface area contributed by atoms with E-state index in [4.69, 9.17) is 4.74 Å². The molecule has 0 aromatic heterocycles. The van der Waals surface area contributed by atoms with Gasteiger partial charge >= 0.3 is 0 Å². The van der Waals surface area contributed by atoms with E-state index in [0.717, 1.165) is 5.75 Å². The zero-order valence-corrected chi connectivity index (χ0v) is 8.66. The van der Waals surface area contributed by atoms with Crippen LogP contribution in [0.2, 0.25) is 0 Å². The van der Waals surface area contributed by atoms with Crippen LogP contribution in [0, 0.1) is 0 Å². The third-order valence-corrected chi connectivity index (χ3v) is 2.83. The fourth-order valence-corrected chi connectivity index (χ4v) is 1.80. The van der Waals surface area contributed by atoms with Crippen LogP contribution in [0.5, 0.6) is 5.75 Å². The summed E-state index contributed by atoms with van der Waals surface area (Å²) in [5, 5.41) is 0. The quantitative estimate of drug-likeness (QED) is 0.669. The van der Waals surface area contributed by atoms with Gasteiger partial charge < -0.3 is 4.74 Å². The highest BCUT2D eigenvalue weighted by molar-refractivity contribution is 5.77. The Labute approximate surface area is 84.6 Å². The number of nitrogens with zero attached hydrogens (tertiary/aromatic N) is 1. The lowest BCUT2D eigenvalue weighted by Crippen LogP contribution is -2.07. The summed E-state index contributed by atoms with van der Waals surface area (Å²) >= 11 is 0. The highest BCUT2D eigenvalue weighted by Crippen LogP contribution is 2.46. The number of hydrogen-bond acceptors (Lipinski definition) is 2. The number of hydrogen-bond donors (Lipinski definition) is 0. The van der Waals surface area contributed by atoms with Gasteiger partial charge in [-0.05, 0) is 30.5 Å². The molecule has 1 aromatic carbocycles. The smallest absolute Gasteiger partial charge is 0.118 e. The lowest BCUT2D eigenvalue weighted by Gasteiger charge is -2.09. The minimum atomic E-state index is 0.237. The van der Waals surface area contributed by atoms with E-state index in [0.29, 0.717) is 0 Å². The van der Waals surface area contributed by atoms with E-state index in [1.807, 2.05) is 19.2 Å². The van der Waals surface area contributed by atoms with Crippen LogP contribution >= 0.6 is 0 Å². The molecule has 1 aliphatic rings. The van der Waals surface area contributed by atoms with Crippen molar-refractivity contribution in [2.45, 2.75) is 18.3 Å². The Kier molecular flexibility index (Phi) is 2.28. The molecule has 74 valence electrons. The minimum Gasteiger partial charge on any atom is -0.497 e. The summed E-state index contributed by atoms with van der Waals surface area (Å²) in [6.45, 7) is 0. The predicted octanol–water partition coefficient (Wildman–Crippen LogP) is 2.43. The molecule has 0 aliphatic heterocycles. The van der Waals surface area contributed by atoms with Crippen LogP contribution in [0.15, 0.2) is 29.3 Å². The molecule has 0 atom stereocenters. The van der Waals surface area contributed by atoms with Gasteiger partial charge in [-0.25, -0.2) is 0 Å². The molecule has 1 fully saturated rings. The van der Waals surface area contributed by atoms with E-state index in [1.165, 1.54) is 18.4 Å². The van der Waals surface area contributed by atoms with Gasteiger partial charge in [-0.3, -0.25) is 4.99 Å². The SMILES string of the molecule is CN=CC1(c2ccc(OC)cc2)CC1. The summed E-state index contributed by atoms with van der Waals surface area (Å²) in [6.07, 6.45) is 4.50. The minimum absolute atomic E-state index is 0.237. The van der Waals surface area contributed by atoms with Crippen LogP contribution in [0.1, 0.15) is 18.4 Å². The van der Waals surface area contributed by atoms with Gasteiger partial charge in [0.1, 0.15) is 5.75 Å². The lowest BCUT2D eigenvalue weighted by atomic mass is 9.97. The molecule has 2 rings (SSSR count). The van der Waals surface area contributed by atoms with Gasteiger partial charge in [0.15, 0.2) is 0 Å². The van der Waals surface area contributed by atoms with Crippen molar-refractivity contribution in [1.82, 2.24) is 0 Å². The van der Waals surface area contributed by atoms with E-state index >= 15 is 0 Å². The first kappa shape index (κ1) is 9.25. The maximum Gasteiger partial charge on any atom is 0.118 e. The molecule has 0 spiro atoms. The topological polar surface area (TPSA) is 21.6 Å². The van der Waals surface area contributed by atoms with Crippen LogP contribution in [0.4, 0.5) is 0 Å². The summed E-state index contributed by atoms with van der Waals surface area (Å²) < 4.78 is 5.13. The van der Waals surface area contributed by atoms with Gasteiger partial charge in [0.2, 0.25) is 0 Å². The fraction of sp³-hybridized carbons (Fsp3) is 0.417. The van der Waals surface area contributed by atoms with E-state index in [9.17, 15) is 0 Å². The Hall–Kier alpha value is -1.31. The molecular weight excluding hydrogens is 174 g/mol. The van der Waals surface area contributed by atoms with Crippen molar-refractivity contribution in [2.24, 2.45) is 4.99 Å². The van der Waals surface area contributed by atoms with Crippen molar-refractivity contribution in [3.05, 3.63) is 29.8 Å². The first-order chi connectivity index (χ1) is 6.80. The molecule has 1 saturated carbocycles. The van der Waals surface area contributed by atoms with Crippen LogP contribution < -0.4 is 4.74 Å². The molecule has 0 unspecified atom stereocenters. The summed E-state index contributed by atoms with van der Waals surface area (Å²) in [5.74, 6) is 0.915. The molecule has 0 saturated heterocycles. The van der Waals surface area contributed by atoms with Gasteiger partial charge in [-0.15, -0.1) is 0 Å². The Morgan fingerprint density at radius 3 is 2.36 bits per heavy atom. The molecule has 2 nitrogen and oxygen atoms in total. The first-order valence-electron chi connectivity index (χ1n) is 4.88. The second-order valence-electron chi connectivity index (χ2n) is 3.77. The Balaban J connectivity index is 2.25. The predicted molar refractivity (Wildman–Crippen MR) is 58.3 cm³/mol. The second-order valence-corrected chi connectivity index (χ2v) is 3.77. The Bertz CT molecular complexity index is 336. The average molecular weight is 189 g/mol. The number of aliphatic imine (C=N–C) groups is 1. The van der Waals surface area contributed by atoms with Gasteiger partial charge in [0, 0.05) is 18.7 Å². The summed E-state index contributed by atoms with van der Waals surface area (Å²) in [5.41, 5.74) is 1.59. The maximum absolute atomic E-state index is 5.13. The highest BCUT2D eigenvalue weighted by Gasteiger charge is 2.42. The van der Waals surface area contributed by atoms with Crippen LogP contribution in [0.25, 0.3) is 0 Å². The third-order valence-electron chi connectivity index (χ3n) is 2.83. The lowest BCUT2D eigenvalue weighted by molar-refractivity contribution is 0.414. The van der Waals surface area contributed by atoms with Crippen molar-refractivity contribution in [1.29, 1.82) is 0 Å². The molecule has 0 N–H and O–H groups in total. The Morgan fingerprint density at radius 2 is 1.93 bits per heavy atom. The first-order valence-corrected chi connectivity index (χ1v) is 4.88. The summed E-state index contributed by atoms with van der Waals surface area (Å²) in [6, 6.07) is 8.29. The number of methoxy groups -OCH3 is 1. The van der Waals surface area contributed by atoms with Crippen molar-refractivity contribution in [3.8, 4) is 5.75 Å². The molecule has 0 heterocycles. The van der Waals surface area contributed by atoms with E-state index < -0.39 is 0 Å². The van der Waals surface area contributed by atoms with Crippen LogP contribution in [-0.2, 0) is 5.41 Å². The standard InChI is InChI=1S/C12H15NO/c1-13-9-12(7-8-12)10-3-5-11(14-2)6-4-10/h3-6,9H,7-8H2,1-2H3. The summed E-state index contributed by atoms with van der Waals surface area (Å²) in [7, 11) is 3.53. The Morgan fingerprint density at radius 1 is 1.29 bits per heavy atom. The van der Waals surface area contributed by atoms with Crippen molar-refractivity contribution in [3.63, 3.8) is 0 Å². The molecule has 1 aliphatic carbocycles. The normalized spacial score (nSPS) is 18.4. The van der Waals surface area contributed by atoms with Crippen molar-refractivity contribution >= 4 is 6.21 Å². The van der Waals surface area contributed by atoms with Crippen LogP contribution in [-0.4, -0.2) is 20.4 Å². The number of rotatable bonds is 3. The molecule has 2 heteroatoms. The maximum atomic E-state index is 5.13. The van der Waals surface area contributed by atoms with Crippen LogP contribution in [0.3, 0.4) is 0 Å². The van der Waals surface area contributed by atoms with Gasteiger partial charge in [0.05, 0.1) is 7.11 Å². The number of benzene rings is 1. The third kappa shape index (κ3) is 1.52. The second kappa shape index (κ2) is 3.45. The molecule has 0 bridgehead atoms. The van der Waals surface area contributed by atoms with E-state index in [-0.39, 0.29) is 5.41 Å².